The van der Waals surface area contributed by atoms with Crippen molar-refractivity contribution in [3.05, 3.63) is 34.6 Å². The first-order chi connectivity index (χ1) is 9.87. The molecule has 1 aromatic heterocycles. The van der Waals surface area contributed by atoms with Crippen LogP contribution in [0, 0.1) is 0 Å². The van der Waals surface area contributed by atoms with Crippen molar-refractivity contribution in [3.8, 4) is 0 Å². The summed E-state index contributed by atoms with van der Waals surface area (Å²) in [6.07, 6.45) is 0. The average molecular weight is 328 g/mol. The van der Waals surface area contributed by atoms with Crippen LogP contribution in [0.3, 0.4) is 0 Å². The Morgan fingerprint density at radius 3 is 2.90 bits per heavy atom. The maximum Gasteiger partial charge on any atom is 0.188 e. The maximum atomic E-state index is 12.2. The molecule has 0 N–H and O–H groups in total. The third kappa shape index (κ3) is 2.66. The quantitative estimate of drug-likeness (QED) is 0.830. The number of benzene rings is 1. The first-order valence-electron chi connectivity index (χ1n) is 6.32. The second kappa shape index (κ2) is 5.04. The number of nitrogens with zero attached hydrogens (tertiary/aromatic N) is 5. The predicted molar refractivity (Wildman–Crippen MR) is 76.5 cm³/mol. The fraction of sp³-hybridized carbons (Fsp3) is 0.417. The fourth-order valence-electron chi connectivity index (χ4n) is 2.53. The lowest BCUT2D eigenvalue weighted by molar-refractivity contribution is 0.250. The Bertz CT molecular complexity index is 789. The summed E-state index contributed by atoms with van der Waals surface area (Å²) in [4.78, 5) is 3.63. The minimum absolute atomic E-state index is 0.0411. The van der Waals surface area contributed by atoms with Crippen molar-refractivity contribution in [2.75, 3.05) is 12.8 Å². The van der Waals surface area contributed by atoms with Crippen molar-refractivity contribution >= 4 is 21.4 Å². The zero-order valence-electron chi connectivity index (χ0n) is 11.6. The van der Waals surface area contributed by atoms with Gasteiger partial charge in [0.1, 0.15) is 0 Å². The van der Waals surface area contributed by atoms with E-state index in [1.165, 1.54) is 4.80 Å². The predicted octanol–water partition coefficient (Wildman–Crippen LogP) is 0.824. The number of sulfone groups is 1. The van der Waals surface area contributed by atoms with Gasteiger partial charge in [0.25, 0.3) is 0 Å². The molecule has 1 aliphatic rings. The first kappa shape index (κ1) is 14.4. The summed E-state index contributed by atoms with van der Waals surface area (Å²) in [6, 6.07) is 4.63. The molecule has 7 nitrogen and oxygen atoms in total. The summed E-state index contributed by atoms with van der Waals surface area (Å²) < 4.78 is 24.4. The van der Waals surface area contributed by atoms with E-state index in [0.717, 1.165) is 5.56 Å². The van der Waals surface area contributed by atoms with Crippen molar-refractivity contribution < 1.29 is 8.42 Å². The van der Waals surface area contributed by atoms with Gasteiger partial charge in [0, 0.05) is 5.02 Å². The minimum atomic E-state index is -3.27. The van der Waals surface area contributed by atoms with Gasteiger partial charge < -0.3 is 0 Å². The SMILES string of the molecule is CN(Cc1nnn(C)n1)C1CS(=O)(=O)c2ccc(Cl)cc21. The van der Waals surface area contributed by atoms with Gasteiger partial charge in [-0.05, 0) is 36.0 Å². The monoisotopic (exact) mass is 327 g/mol. The van der Waals surface area contributed by atoms with Crippen LogP contribution in [-0.4, -0.2) is 46.3 Å². The van der Waals surface area contributed by atoms with Gasteiger partial charge in [-0.25, -0.2) is 8.42 Å². The Hall–Kier alpha value is -1.51. The fourth-order valence-corrected chi connectivity index (χ4v) is 4.57. The number of hydrogen-bond acceptors (Lipinski definition) is 6. The molecular weight excluding hydrogens is 314 g/mol. The van der Waals surface area contributed by atoms with Crippen LogP contribution in [0.2, 0.25) is 5.02 Å². The molecular formula is C12H14ClN5O2S. The summed E-state index contributed by atoms with van der Waals surface area (Å²) in [5.41, 5.74) is 0.730. The third-order valence-electron chi connectivity index (χ3n) is 3.52. The molecule has 3 rings (SSSR count). The molecule has 0 aliphatic carbocycles. The molecule has 1 aromatic carbocycles. The smallest absolute Gasteiger partial charge is 0.188 e. The summed E-state index contributed by atoms with van der Waals surface area (Å²) in [6.45, 7) is 0.417. The van der Waals surface area contributed by atoms with Crippen LogP contribution in [-0.2, 0) is 23.4 Å². The Morgan fingerprint density at radius 2 is 2.24 bits per heavy atom. The van der Waals surface area contributed by atoms with Gasteiger partial charge in [0.2, 0.25) is 0 Å². The van der Waals surface area contributed by atoms with Crippen LogP contribution >= 0.6 is 11.6 Å². The van der Waals surface area contributed by atoms with E-state index in [0.29, 0.717) is 22.3 Å². The van der Waals surface area contributed by atoms with Gasteiger partial charge in [0.05, 0.1) is 30.3 Å². The number of rotatable bonds is 3. The Labute approximate surface area is 127 Å². The molecule has 0 saturated heterocycles. The van der Waals surface area contributed by atoms with Crippen LogP contribution in [0.25, 0.3) is 0 Å². The summed E-state index contributed by atoms with van der Waals surface area (Å²) in [7, 11) is 0.260. The largest absolute Gasteiger partial charge is 0.291 e. The van der Waals surface area contributed by atoms with E-state index in [-0.39, 0.29) is 11.8 Å². The van der Waals surface area contributed by atoms with Gasteiger partial charge in [-0.3, -0.25) is 4.90 Å². The van der Waals surface area contributed by atoms with Crippen molar-refractivity contribution in [1.29, 1.82) is 0 Å². The lowest BCUT2D eigenvalue weighted by atomic mass is 10.1. The highest BCUT2D eigenvalue weighted by Gasteiger charge is 2.37. The molecule has 0 fully saturated rings. The van der Waals surface area contributed by atoms with Crippen molar-refractivity contribution in [2.24, 2.45) is 7.05 Å². The molecule has 0 spiro atoms. The highest BCUT2D eigenvalue weighted by atomic mass is 35.5. The van der Waals surface area contributed by atoms with E-state index in [9.17, 15) is 8.42 Å². The van der Waals surface area contributed by atoms with Crippen LogP contribution in [0.1, 0.15) is 17.4 Å². The van der Waals surface area contributed by atoms with Crippen molar-refractivity contribution in [1.82, 2.24) is 25.1 Å². The van der Waals surface area contributed by atoms with Crippen LogP contribution in [0.5, 0.6) is 0 Å². The second-order valence-corrected chi connectivity index (χ2v) is 7.53. The zero-order chi connectivity index (χ0) is 15.2. The van der Waals surface area contributed by atoms with E-state index in [2.05, 4.69) is 15.4 Å². The minimum Gasteiger partial charge on any atom is -0.291 e. The summed E-state index contributed by atoms with van der Waals surface area (Å²) in [5.74, 6) is 0.590. The highest BCUT2D eigenvalue weighted by Crippen LogP contribution is 2.38. The van der Waals surface area contributed by atoms with Crippen molar-refractivity contribution in [2.45, 2.75) is 17.5 Å². The van der Waals surface area contributed by atoms with Crippen LogP contribution in [0.15, 0.2) is 23.1 Å². The molecule has 0 saturated carbocycles. The molecule has 112 valence electrons. The number of aromatic nitrogens is 4. The van der Waals surface area contributed by atoms with E-state index >= 15 is 0 Å². The Morgan fingerprint density at radius 1 is 1.48 bits per heavy atom. The number of hydrogen-bond donors (Lipinski definition) is 0. The molecule has 1 unspecified atom stereocenters. The van der Waals surface area contributed by atoms with Gasteiger partial charge in [-0.1, -0.05) is 11.6 Å². The summed E-state index contributed by atoms with van der Waals surface area (Å²) >= 11 is 6.00. The second-order valence-electron chi connectivity index (χ2n) is 5.09. The number of fused-ring (bicyclic) bond motifs is 1. The number of aryl methyl sites for hydroxylation is 1. The average Bonchev–Trinajstić information content (AvgIpc) is 2.91. The van der Waals surface area contributed by atoms with E-state index < -0.39 is 9.84 Å². The zero-order valence-corrected chi connectivity index (χ0v) is 13.1. The molecule has 1 aliphatic heterocycles. The van der Waals surface area contributed by atoms with Gasteiger partial charge in [-0.2, -0.15) is 4.80 Å². The molecule has 1 atom stereocenters. The Balaban J connectivity index is 1.92. The van der Waals surface area contributed by atoms with E-state index in [1.807, 2.05) is 11.9 Å². The molecule has 9 heteroatoms. The normalized spacial score (nSPS) is 19.9. The van der Waals surface area contributed by atoms with Crippen molar-refractivity contribution in [3.63, 3.8) is 0 Å². The van der Waals surface area contributed by atoms with Crippen LogP contribution in [0.4, 0.5) is 0 Å². The lowest BCUT2D eigenvalue weighted by Crippen LogP contribution is -2.26. The topological polar surface area (TPSA) is 81.0 Å². The van der Waals surface area contributed by atoms with Gasteiger partial charge >= 0.3 is 0 Å². The van der Waals surface area contributed by atoms with Gasteiger partial charge in [-0.15, -0.1) is 10.2 Å². The highest BCUT2D eigenvalue weighted by molar-refractivity contribution is 7.91. The maximum absolute atomic E-state index is 12.2. The molecule has 0 radical (unpaired) electrons. The van der Waals surface area contributed by atoms with E-state index in [1.54, 1.807) is 25.2 Å². The first-order valence-corrected chi connectivity index (χ1v) is 8.35. The number of halogens is 1. The molecule has 0 bridgehead atoms. The summed E-state index contributed by atoms with van der Waals surface area (Å²) in [5, 5.41) is 12.3. The molecule has 2 aromatic rings. The third-order valence-corrected chi connectivity index (χ3v) is 5.55. The standard InChI is InChI=1S/C12H14ClN5O2S/c1-17(6-12-14-16-18(2)15-12)10-7-21(19,20)11-4-3-8(13)5-9(10)11/h3-5,10H,6-7H2,1-2H3. The van der Waals surface area contributed by atoms with Crippen LogP contribution < -0.4 is 0 Å². The van der Waals surface area contributed by atoms with Gasteiger partial charge in [0.15, 0.2) is 15.7 Å². The molecule has 21 heavy (non-hydrogen) atoms. The molecule has 0 amide bonds. The Kier molecular flexibility index (Phi) is 3.46. The molecule has 2 heterocycles. The number of tetrazole rings is 1. The lowest BCUT2D eigenvalue weighted by Gasteiger charge is -2.22. The van der Waals surface area contributed by atoms with E-state index in [4.69, 9.17) is 11.6 Å².